The zero-order valence-electron chi connectivity index (χ0n) is 11.2. The lowest BCUT2D eigenvalue weighted by molar-refractivity contribution is 0.395. The largest absolute Gasteiger partial charge is 0.495 e. The normalized spacial score (nSPS) is 11.6. The Kier molecular flexibility index (Phi) is 3.43. The van der Waals surface area contributed by atoms with E-state index in [0.717, 1.165) is 12.3 Å². The first kappa shape index (κ1) is 14.3. The topological polar surface area (TPSA) is 87.2 Å². The highest BCUT2D eigenvalue weighted by Gasteiger charge is 2.22. The third kappa shape index (κ3) is 2.46. The van der Waals surface area contributed by atoms with E-state index in [4.69, 9.17) is 10.5 Å². The van der Waals surface area contributed by atoms with Crippen molar-refractivity contribution in [2.24, 2.45) is 7.05 Å². The molecule has 0 bridgehead atoms. The summed E-state index contributed by atoms with van der Waals surface area (Å²) in [4.78, 5) is -0.465. The van der Waals surface area contributed by atoms with Crippen molar-refractivity contribution in [3.05, 3.63) is 24.0 Å². The number of benzene rings is 1. The van der Waals surface area contributed by atoms with E-state index in [1.165, 1.54) is 17.9 Å². The third-order valence-electron chi connectivity index (χ3n) is 2.81. The number of nitrogen functional groups attached to an aromatic ring is 1. The van der Waals surface area contributed by atoms with Gasteiger partial charge in [0.15, 0.2) is 9.84 Å². The van der Waals surface area contributed by atoms with Gasteiger partial charge in [0.2, 0.25) is 0 Å². The average Bonchev–Trinajstić information content (AvgIpc) is 2.67. The Morgan fingerprint density at radius 2 is 2.00 bits per heavy atom. The number of sulfone groups is 1. The van der Waals surface area contributed by atoms with E-state index in [1.54, 1.807) is 13.1 Å². The molecule has 1 aromatic carbocycles. The Balaban J connectivity index is 2.67. The van der Waals surface area contributed by atoms with Gasteiger partial charge in [0.25, 0.3) is 0 Å². The standard InChI is InChI=1S/C12H14FN3O3S/c1-16-11(14)6-9(15-16)7-4-8(13)12(20(3,17)18)10(5-7)19-2/h4-6H,14H2,1-3H3. The van der Waals surface area contributed by atoms with Crippen LogP contribution in [-0.4, -0.2) is 31.6 Å². The van der Waals surface area contributed by atoms with E-state index in [0.29, 0.717) is 17.1 Å². The maximum absolute atomic E-state index is 14.1. The predicted octanol–water partition coefficient (Wildman–Crippen LogP) is 1.22. The van der Waals surface area contributed by atoms with Gasteiger partial charge in [0.1, 0.15) is 22.3 Å². The molecular weight excluding hydrogens is 285 g/mol. The van der Waals surface area contributed by atoms with Crippen LogP contribution in [0.2, 0.25) is 0 Å². The summed E-state index contributed by atoms with van der Waals surface area (Å²) in [5.74, 6) is -0.538. The maximum Gasteiger partial charge on any atom is 0.182 e. The molecule has 0 spiro atoms. The van der Waals surface area contributed by atoms with E-state index in [2.05, 4.69) is 5.10 Å². The van der Waals surface area contributed by atoms with Crippen molar-refractivity contribution in [3.63, 3.8) is 0 Å². The van der Waals surface area contributed by atoms with Gasteiger partial charge in [0, 0.05) is 24.9 Å². The van der Waals surface area contributed by atoms with Crippen LogP contribution >= 0.6 is 0 Å². The molecule has 2 aromatic rings. The van der Waals surface area contributed by atoms with Crippen molar-refractivity contribution in [3.8, 4) is 17.0 Å². The van der Waals surface area contributed by atoms with E-state index >= 15 is 0 Å². The molecule has 0 amide bonds. The number of halogens is 1. The third-order valence-corrected chi connectivity index (χ3v) is 3.95. The summed E-state index contributed by atoms with van der Waals surface area (Å²) >= 11 is 0. The zero-order chi connectivity index (χ0) is 15.1. The van der Waals surface area contributed by atoms with Gasteiger partial charge in [-0.05, 0) is 12.1 Å². The minimum atomic E-state index is -3.73. The van der Waals surface area contributed by atoms with Gasteiger partial charge in [-0.3, -0.25) is 4.68 Å². The number of aryl methyl sites for hydroxylation is 1. The first-order chi connectivity index (χ1) is 9.24. The SMILES string of the molecule is COc1cc(-c2cc(N)n(C)n2)cc(F)c1S(C)(=O)=O. The second kappa shape index (κ2) is 4.78. The van der Waals surface area contributed by atoms with E-state index < -0.39 is 20.5 Å². The van der Waals surface area contributed by atoms with Crippen LogP contribution < -0.4 is 10.5 Å². The number of ether oxygens (including phenoxy) is 1. The van der Waals surface area contributed by atoms with Crippen LogP contribution in [0.15, 0.2) is 23.1 Å². The van der Waals surface area contributed by atoms with Crippen molar-refractivity contribution in [2.45, 2.75) is 4.90 Å². The number of nitrogens with two attached hydrogens (primary N) is 1. The van der Waals surface area contributed by atoms with E-state index in [9.17, 15) is 12.8 Å². The molecule has 2 N–H and O–H groups in total. The Morgan fingerprint density at radius 3 is 2.45 bits per heavy atom. The Labute approximate surface area is 115 Å². The van der Waals surface area contributed by atoms with Gasteiger partial charge in [-0.2, -0.15) is 5.10 Å². The summed E-state index contributed by atoms with van der Waals surface area (Å²) in [6.45, 7) is 0. The molecule has 2 rings (SSSR count). The summed E-state index contributed by atoms with van der Waals surface area (Å²) < 4.78 is 43.6. The molecule has 6 nitrogen and oxygen atoms in total. The number of rotatable bonds is 3. The molecule has 0 aliphatic rings. The highest BCUT2D eigenvalue weighted by Crippen LogP contribution is 2.32. The molecule has 108 valence electrons. The first-order valence-electron chi connectivity index (χ1n) is 5.61. The van der Waals surface area contributed by atoms with Gasteiger partial charge < -0.3 is 10.5 Å². The number of hydrogen-bond acceptors (Lipinski definition) is 5. The summed E-state index contributed by atoms with van der Waals surface area (Å²) in [7, 11) is -0.801. The van der Waals surface area contributed by atoms with Crippen molar-refractivity contribution < 1.29 is 17.5 Å². The second-order valence-corrected chi connectivity index (χ2v) is 6.29. The van der Waals surface area contributed by atoms with E-state index in [1.807, 2.05) is 0 Å². The minimum Gasteiger partial charge on any atom is -0.495 e. The fourth-order valence-corrected chi connectivity index (χ4v) is 2.77. The van der Waals surface area contributed by atoms with Gasteiger partial charge in [0.05, 0.1) is 12.8 Å². The first-order valence-corrected chi connectivity index (χ1v) is 7.50. The van der Waals surface area contributed by atoms with Crippen LogP contribution in [0.4, 0.5) is 10.2 Å². The summed E-state index contributed by atoms with van der Waals surface area (Å²) in [5, 5.41) is 4.11. The van der Waals surface area contributed by atoms with E-state index in [-0.39, 0.29) is 5.75 Å². The zero-order valence-corrected chi connectivity index (χ0v) is 12.0. The van der Waals surface area contributed by atoms with Gasteiger partial charge >= 0.3 is 0 Å². The molecule has 1 aromatic heterocycles. The predicted molar refractivity (Wildman–Crippen MR) is 72.7 cm³/mol. The van der Waals surface area contributed by atoms with Crippen molar-refractivity contribution in [1.29, 1.82) is 0 Å². The molecule has 0 aliphatic heterocycles. The van der Waals surface area contributed by atoms with Crippen molar-refractivity contribution >= 4 is 15.7 Å². The lowest BCUT2D eigenvalue weighted by atomic mass is 10.1. The molecule has 0 radical (unpaired) electrons. The number of nitrogens with zero attached hydrogens (tertiary/aromatic N) is 2. The van der Waals surface area contributed by atoms with Crippen molar-refractivity contribution in [2.75, 3.05) is 19.1 Å². The Bertz CT molecular complexity index is 749. The van der Waals surface area contributed by atoms with Crippen LogP contribution in [0.1, 0.15) is 0 Å². The van der Waals surface area contributed by atoms with Crippen LogP contribution in [0.25, 0.3) is 11.3 Å². The summed E-state index contributed by atoms with van der Waals surface area (Å²) in [5.41, 5.74) is 6.49. The number of methoxy groups -OCH3 is 1. The average molecular weight is 299 g/mol. The Morgan fingerprint density at radius 1 is 1.35 bits per heavy atom. The quantitative estimate of drug-likeness (QED) is 0.920. The molecule has 20 heavy (non-hydrogen) atoms. The van der Waals surface area contributed by atoms with Crippen LogP contribution in [-0.2, 0) is 16.9 Å². The Hall–Kier alpha value is -2.09. The van der Waals surface area contributed by atoms with Gasteiger partial charge in [-0.1, -0.05) is 0 Å². The fraction of sp³-hybridized carbons (Fsp3) is 0.250. The summed E-state index contributed by atoms with van der Waals surface area (Å²) in [6, 6.07) is 4.08. The molecule has 0 atom stereocenters. The fourth-order valence-electron chi connectivity index (χ4n) is 1.85. The molecule has 0 unspecified atom stereocenters. The number of aromatic nitrogens is 2. The van der Waals surface area contributed by atoms with Gasteiger partial charge in [-0.15, -0.1) is 0 Å². The van der Waals surface area contributed by atoms with Crippen LogP contribution in [0, 0.1) is 5.82 Å². The van der Waals surface area contributed by atoms with Crippen LogP contribution in [0.5, 0.6) is 5.75 Å². The molecule has 0 saturated carbocycles. The second-order valence-electron chi connectivity index (χ2n) is 4.34. The number of anilines is 1. The molecule has 8 heteroatoms. The lowest BCUT2D eigenvalue weighted by Crippen LogP contribution is -2.04. The van der Waals surface area contributed by atoms with Gasteiger partial charge in [-0.25, -0.2) is 12.8 Å². The van der Waals surface area contributed by atoms with Crippen LogP contribution in [0.3, 0.4) is 0 Å². The molecule has 0 fully saturated rings. The highest BCUT2D eigenvalue weighted by atomic mass is 32.2. The lowest BCUT2D eigenvalue weighted by Gasteiger charge is -2.09. The highest BCUT2D eigenvalue weighted by molar-refractivity contribution is 7.90. The monoisotopic (exact) mass is 299 g/mol. The number of hydrogen-bond donors (Lipinski definition) is 1. The van der Waals surface area contributed by atoms with Crippen molar-refractivity contribution in [1.82, 2.24) is 9.78 Å². The maximum atomic E-state index is 14.1. The molecule has 0 aliphatic carbocycles. The molecule has 1 heterocycles. The molecule has 0 saturated heterocycles. The smallest absolute Gasteiger partial charge is 0.182 e. The summed E-state index contributed by atoms with van der Waals surface area (Å²) in [6.07, 6.45) is 0.923. The molecular formula is C12H14FN3O3S. The minimum absolute atomic E-state index is 0.0632.